The van der Waals surface area contributed by atoms with E-state index in [1.807, 2.05) is 24.1 Å². The Bertz CT molecular complexity index is 178. The van der Waals surface area contributed by atoms with Gasteiger partial charge in [0.2, 0.25) is 0 Å². The molecule has 14 heavy (non-hydrogen) atoms. The molecule has 0 atom stereocenters. The lowest BCUT2D eigenvalue weighted by Crippen LogP contribution is -2.41. The quantitative estimate of drug-likeness (QED) is 0.737. The van der Waals surface area contributed by atoms with Crippen LogP contribution in [0.5, 0.6) is 0 Å². The summed E-state index contributed by atoms with van der Waals surface area (Å²) >= 11 is 0. The molecule has 0 spiro atoms. The Morgan fingerprint density at radius 3 is 2.14 bits per heavy atom. The molecular weight excluding hydrogens is 197 g/mol. The Labute approximate surface area is 81.3 Å². The molecule has 0 bridgehead atoms. The Hall–Kier alpha value is -0.780. The summed E-state index contributed by atoms with van der Waals surface area (Å²) in [5, 5.41) is 1.82. The minimum absolute atomic E-state index is 0.0278. The molecule has 0 fully saturated rings. The van der Waals surface area contributed by atoms with Crippen LogP contribution in [0.25, 0.3) is 0 Å². The number of nitrogens with zero attached hydrogens (tertiary/aromatic N) is 1. The number of likely N-dealkylation sites (N-methyl/N-ethyl adjacent to an activating group) is 1. The topological polar surface area (TPSA) is 32.3 Å². The van der Waals surface area contributed by atoms with Gasteiger partial charge in [-0.05, 0) is 13.1 Å². The van der Waals surface area contributed by atoms with Gasteiger partial charge in [-0.25, -0.2) is 0 Å². The van der Waals surface area contributed by atoms with Gasteiger partial charge in [-0.3, -0.25) is 4.79 Å². The molecule has 0 unspecified atom stereocenters. The molecule has 6 heteroatoms. The highest BCUT2D eigenvalue weighted by atomic mass is 19.4. The molecular formula is C8H15F3N2O. The summed E-state index contributed by atoms with van der Waals surface area (Å²) in [5.41, 5.74) is 0. The lowest BCUT2D eigenvalue weighted by molar-refractivity contribution is -0.173. The predicted molar refractivity (Wildman–Crippen MR) is 46.9 cm³/mol. The van der Waals surface area contributed by atoms with E-state index in [1.54, 1.807) is 0 Å². The van der Waals surface area contributed by atoms with Gasteiger partial charge in [-0.2, -0.15) is 13.2 Å². The van der Waals surface area contributed by atoms with E-state index in [2.05, 4.69) is 0 Å². The van der Waals surface area contributed by atoms with Crippen LogP contribution in [0.2, 0.25) is 0 Å². The predicted octanol–water partition coefficient (Wildman–Crippen LogP) is 1.01. The molecule has 1 N–H and O–H groups in total. The summed E-state index contributed by atoms with van der Waals surface area (Å²) in [6.07, 6.45) is -4.77. The summed E-state index contributed by atoms with van der Waals surface area (Å²) in [4.78, 5) is 12.3. The largest absolute Gasteiger partial charge is 0.471 e. The van der Waals surface area contributed by atoms with Crippen molar-refractivity contribution in [1.82, 2.24) is 10.2 Å². The van der Waals surface area contributed by atoms with Gasteiger partial charge >= 0.3 is 12.1 Å². The number of carbonyl (C=O) groups excluding carboxylic acids is 1. The van der Waals surface area contributed by atoms with Crippen molar-refractivity contribution in [2.75, 3.05) is 26.2 Å². The Morgan fingerprint density at radius 2 is 1.79 bits per heavy atom. The van der Waals surface area contributed by atoms with Crippen molar-refractivity contribution in [2.24, 2.45) is 0 Å². The van der Waals surface area contributed by atoms with Crippen LogP contribution < -0.4 is 5.32 Å². The fourth-order valence-electron chi connectivity index (χ4n) is 0.968. The van der Waals surface area contributed by atoms with Gasteiger partial charge < -0.3 is 10.2 Å². The highest BCUT2D eigenvalue weighted by molar-refractivity contribution is 5.81. The van der Waals surface area contributed by atoms with E-state index >= 15 is 0 Å². The number of rotatable bonds is 5. The van der Waals surface area contributed by atoms with E-state index in [-0.39, 0.29) is 6.54 Å². The van der Waals surface area contributed by atoms with Crippen molar-refractivity contribution in [3.05, 3.63) is 0 Å². The third-order valence-electron chi connectivity index (χ3n) is 1.87. The molecule has 0 aliphatic carbocycles. The van der Waals surface area contributed by atoms with Crippen molar-refractivity contribution >= 4 is 5.91 Å². The Kier molecular flexibility index (Phi) is 5.52. The van der Waals surface area contributed by atoms with Gasteiger partial charge in [0.15, 0.2) is 0 Å². The van der Waals surface area contributed by atoms with E-state index in [9.17, 15) is 18.0 Å². The average Bonchev–Trinajstić information content (AvgIpc) is 2.10. The van der Waals surface area contributed by atoms with E-state index in [1.165, 1.54) is 0 Å². The summed E-state index contributed by atoms with van der Waals surface area (Å²) in [5.74, 6) is -1.87. The van der Waals surface area contributed by atoms with Crippen LogP contribution in [0, 0.1) is 0 Å². The number of nitrogens with one attached hydrogen (secondary N) is 1. The average molecular weight is 212 g/mol. The van der Waals surface area contributed by atoms with E-state index < -0.39 is 12.1 Å². The molecule has 0 rings (SSSR count). The van der Waals surface area contributed by atoms with Crippen molar-refractivity contribution in [1.29, 1.82) is 0 Å². The molecule has 0 aromatic carbocycles. The zero-order chi connectivity index (χ0) is 11.2. The SMILES string of the molecule is CCN(CC)CCNC(=O)C(F)(F)F. The third kappa shape index (κ3) is 5.06. The van der Waals surface area contributed by atoms with E-state index in [4.69, 9.17) is 0 Å². The monoisotopic (exact) mass is 212 g/mol. The molecule has 3 nitrogen and oxygen atoms in total. The van der Waals surface area contributed by atoms with Crippen molar-refractivity contribution in [3.8, 4) is 0 Å². The number of amides is 1. The Balaban J connectivity index is 3.69. The van der Waals surface area contributed by atoms with Crippen molar-refractivity contribution in [2.45, 2.75) is 20.0 Å². The fraction of sp³-hybridized carbons (Fsp3) is 0.875. The summed E-state index contributed by atoms with van der Waals surface area (Å²) in [6, 6.07) is 0. The van der Waals surface area contributed by atoms with Gasteiger partial charge in [0, 0.05) is 13.1 Å². The van der Waals surface area contributed by atoms with E-state index in [0.29, 0.717) is 6.54 Å². The number of alkyl halides is 3. The molecule has 0 saturated heterocycles. The maximum atomic E-state index is 11.7. The van der Waals surface area contributed by atoms with Gasteiger partial charge in [-0.15, -0.1) is 0 Å². The lowest BCUT2D eigenvalue weighted by atomic mass is 10.4. The van der Waals surface area contributed by atoms with Gasteiger partial charge in [0.05, 0.1) is 0 Å². The molecule has 0 heterocycles. The summed E-state index contributed by atoms with van der Waals surface area (Å²) in [6.45, 7) is 5.82. The normalized spacial score (nSPS) is 11.9. The number of carbonyl (C=O) groups is 1. The molecule has 0 aromatic heterocycles. The minimum Gasteiger partial charge on any atom is -0.347 e. The van der Waals surface area contributed by atoms with Gasteiger partial charge in [0.25, 0.3) is 0 Å². The standard InChI is InChI=1S/C8H15F3N2O/c1-3-13(4-2)6-5-12-7(14)8(9,10)11/h3-6H2,1-2H3,(H,12,14). The Morgan fingerprint density at radius 1 is 1.29 bits per heavy atom. The molecule has 1 amide bonds. The summed E-state index contributed by atoms with van der Waals surface area (Å²) < 4.78 is 35.1. The van der Waals surface area contributed by atoms with Crippen LogP contribution in [0.1, 0.15) is 13.8 Å². The first-order valence-electron chi connectivity index (χ1n) is 4.49. The van der Waals surface area contributed by atoms with Crippen LogP contribution in [0.15, 0.2) is 0 Å². The molecule has 0 aliphatic heterocycles. The first-order valence-corrected chi connectivity index (χ1v) is 4.49. The van der Waals surface area contributed by atoms with Crippen LogP contribution in [0.3, 0.4) is 0 Å². The maximum absolute atomic E-state index is 11.7. The fourth-order valence-corrected chi connectivity index (χ4v) is 0.968. The maximum Gasteiger partial charge on any atom is 0.471 e. The second kappa shape index (κ2) is 5.85. The van der Waals surface area contributed by atoms with Crippen LogP contribution in [-0.2, 0) is 4.79 Å². The van der Waals surface area contributed by atoms with Crippen molar-refractivity contribution < 1.29 is 18.0 Å². The van der Waals surface area contributed by atoms with Gasteiger partial charge in [-0.1, -0.05) is 13.8 Å². The second-order valence-corrected chi connectivity index (χ2v) is 2.78. The zero-order valence-electron chi connectivity index (χ0n) is 8.32. The molecule has 0 aromatic rings. The highest BCUT2D eigenvalue weighted by Gasteiger charge is 2.38. The second-order valence-electron chi connectivity index (χ2n) is 2.78. The first kappa shape index (κ1) is 13.2. The first-order chi connectivity index (χ1) is 6.41. The number of hydrogen-bond acceptors (Lipinski definition) is 2. The third-order valence-corrected chi connectivity index (χ3v) is 1.87. The minimum atomic E-state index is -4.77. The summed E-state index contributed by atoms with van der Waals surface area (Å²) in [7, 11) is 0. The molecule has 84 valence electrons. The van der Waals surface area contributed by atoms with Crippen LogP contribution >= 0.6 is 0 Å². The smallest absolute Gasteiger partial charge is 0.347 e. The molecule has 0 aliphatic rings. The van der Waals surface area contributed by atoms with Crippen LogP contribution in [-0.4, -0.2) is 43.2 Å². The van der Waals surface area contributed by atoms with Gasteiger partial charge in [0.1, 0.15) is 0 Å². The molecule has 0 radical (unpaired) electrons. The van der Waals surface area contributed by atoms with Crippen LogP contribution in [0.4, 0.5) is 13.2 Å². The molecule has 0 saturated carbocycles. The lowest BCUT2D eigenvalue weighted by Gasteiger charge is -2.18. The zero-order valence-corrected chi connectivity index (χ0v) is 8.32. The van der Waals surface area contributed by atoms with E-state index in [0.717, 1.165) is 13.1 Å². The van der Waals surface area contributed by atoms with Crippen molar-refractivity contribution in [3.63, 3.8) is 0 Å². The number of halogens is 3. The highest BCUT2D eigenvalue weighted by Crippen LogP contribution is 2.13. The number of hydrogen-bond donors (Lipinski definition) is 1.